The fourth-order valence-electron chi connectivity index (χ4n) is 4.54. The van der Waals surface area contributed by atoms with E-state index in [1.165, 1.54) is 26.6 Å². The Bertz CT molecular complexity index is 863. The second kappa shape index (κ2) is 11.9. The van der Waals surface area contributed by atoms with Gasteiger partial charge in [-0.1, -0.05) is 51.1 Å². The molecule has 1 aromatic rings. The molecular weight excluding hydrogens is 426 g/mol. The van der Waals surface area contributed by atoms with Crippen LogP contribution < -0.4 is 5.48 Å². The summed E-state index contributed by atoms with van der Waals surface area (Å²) in [4.78, 5) is 44.3. The first-order valence-corrected chi connectivity index (χ1v) is 11.5. The molecule has 2 aliphatic rings. The summed E-state index contributed by atoms with van der Waals surface area (Å²) in [6, 6.07) is 9.02. The van der Waals surface area contributed by atoms with Crippen molar-refractivity contribution in [3.05, 3.63) is 57.4 Å². The van der Waals surface area contributed by atoms with Gasteiger partial charge in [0, 0.05) is 12.3 Å². The lowest BCUT2D eigenvalue weighted by Gasteiger charge is -2.37. The van der Waals surface area contributed by atoms with Crippen LogP contribution in [0.15, 0.2) is 41.7 Å². The van der Waals surface area contributed by atoms with Crippen LogP contribution in [-0.4, -0.2) is 53.4 Å². The van der Waals surface area contributed by atoms with Gasteiger partial charge in [-0.15, -0.1) is 0 Å². The summed E-state index contributed by atoms with van der Waals surface area (Å²) < 4.78 is 5.09. The van der Waals surface area contributed by atoms with Crippen molar-refractivity contribution in [2.45, 2.75) is 59.0 Å². The van der Waals surface area contributed by atoms with Gasteiger partial charge in [0.05, 0.1) is 11.5 Å². The summed E-state index contributed by atoms with van der Waals surface area (Å²) >= 11 is 0. The molecule has 1 saturated carbocycles. The molecule has 3 rings (SSSR count). The number of hydroxylamine groups is 1. The maximum Gasteiger partial charge on any atom is 0.317 e. The van der Waals surface area contributed by atoms with Crippen molar-refractivity contribution in [3.63, 3.8) is 0 Å². The van der Waals surface area contributed by atoms with Crippen molar-refractivity contribution in [2.75, 3.05) is 26.2 Å². The van der Waals surface area contributed by atoms with E-state index in [0.717, 1.165) is 5.56 Å². The number of nitrogens with zero attached hydrogens (tertiary/aromatic N) is 2. The number of hydrogen-bond donors (Lipinski definition) is 1. The Morgan fingerprint density at radius 3 is 2.30 bits per heavy atom. The first-order valence-electron chi connectivity index (χ1n) is 11.5. The number of ether oxygens (including phenoxy) is 1. The summed E-state index contributed by atoms with van der Waals surface area (Å²) in [5.41, 5.74) is 2.00. The lowest BCUT2D eigenvalue weighted by molar-refractivity contribution is -0.443. The summed E-state index contributed by atoms with van der Waals surface area (Å²) in [6.07, 6.45) is -0.118. The highest BCUT2D eigenvalue weighted by Gasteiger charge is 2.59. The molecule has 182 valence electrons. The van der Waals surface area contributed by atoms with E-state index in [-0.39, 0.29) is 30.8 Å². The molecule has 1 N–H and O–H groups in total. The van der Waals surface area contributed by atoms with E-state index in [9.17, 15) is 19.7 Å². The maximum absolute atomic E-state index is 12.9. The number of allylic oxidation sites excluding steroid dienone is 1. The van der Waals surface area contributed by atoms with E-state index in [2.05, 4.69) is 31.2 Å². The Morgan fingerprint density at radius 2 is 1.82 bits per heavy atom. The van der Waals surface area contributed by atoms with E-state index in [0.29, 0.717) is 0 Å². The number of carbonyl (C=O) groups excluding carboxylic acids is 2. The molecule has 1 aliphatic heterocycles. The van der Waals surface area contributed by atoms with Crippen molar-refractivity contribution in [1.82, 2.24) is 10.4 Å². The molecule has 0 radical (unpaired) electrons. The topological polar surface area (TPSA) is 111 Å². The van der Waals surface area contributed by atoms with Gasteiger partial charge in [-0.05, 0) is 45.5 Å². The first kappa shape index (κ1) is 26.5. The van der Waals surface area contributed by atoms with Gasteiger partial charge in [-0.2, -0.15) is 0 Å². The lowest BCUT2D eigenvalue weighted by atomic mass is 9.67. The van der Waals surface area contributed by atoms with Gasteiger partial charge in [-0.25, -0.2) is 0 Å². The average molecular weight is 462 g/mol. The fraction of sp³-hybridized carbons (Fsp3) is 0.583. The maximum atomic E-state index is 12.9. The van der Waals surface area contributed by atoms with Crippen molar-refractivity contribution in [1.29, 1.82) is 0 Å². The van der Waals surface area contributed by atoms with Gasteiger partial charge >= 0.3 is 11.7 Å². The number of rotatable bonds is 7. The third-order valence-corrected chi connectivity index (χ3v) is 6.24. The second-order valence-corrected chi connectivity index (χ2v) is 8.14. The van der Waals surface area contributed by atoms with Crippen LogP contribution in [0.4, 0.5) is 0 Å². The highest BCUT2D eigenvalue weighted by molar-refractivity contribution is 6.01. The minimum absolute atomic E-state index is 0.132. The Hall–Kier alpha value is -2.78. The normalized spacial score (nSPS) is 24.4. The third-order valence-electron chi connectivity index (χ3n) is 6.24. The number of hydrogen-bond acceptors (Lipinski definition) is 8. The molecule has 0 unspecified atom stereocenters. The summed E-state index contributed by atoms with van der Waals surface area (Å²) in [6.45, 7) is 13.5. The first-order chi connectivity index (χ1) is 15.7. The quantitative estimate of drug-likeness (QED) is 0.284. The predicted molar refractivity (Wildman–Crippen MR) is 124 cm³/mol. The average Bonchev–Trinajstić information content (AvgIpc) is 3.10. The Kier molecular flexibility index (Phi) is 9.55. The van der Waals surface area contributed by atoms with Crippen LogP contribution in [0, 0.1) is 16.0 Å². The van der Waals surface area contributed by atoms with E-state index in [1.807, 2.05) is 6.07 Å². The molecule has 1 heterocycles. The second-order valence-electron chi connectivity index (χ2n) is 8.14. The van der Waals surface area contributed by atoms with Crippen molar-refractivity contribution >= 4 is 11.8 Å². The van der Waals surface area contributed by atoms with E-state index in [4.69, 9.17) is 9.57 Å². The van der Waals surface area contributed by atoms with Crippen molar-refractivity contribution in [3.8, 4) is 0 Å². The molecule has 9 nitrogen and oxygen atoms in total. The molecule has 0 bridgehead atoms. The Labute approximate surface area is 195 Å². The van der Waals surface area contributed by atoms with Gasteiger partial charge in [0.15, 0.2) is 11.4 Å². The van der Waals surface area contributed by atoms with Gasteiger partial charge in [-0.3, -0.25) is 30.0 Å². The van der Waals surface area contributed by atoms with Crippen LogP contribution in [0.5, 0.6) is 0 Å². The summed E-state index contributed by atoms with van der Waals surface area (Å²) in [5, 5.41) is 11.6. The minimum Gasteiger partial charge on any atom is -0.465 e. The molecule has 0 aromatic heterocycles. The number of nitro groups is 1. The Morgan fingerprint density at radius 1 is 1.21 bits per heavy atom. The molecular formula is C24H35N3O6. The number of Topliss-reactive ketones (excluding diaryl/α,β-unsaturated/α-hetero) is 1. The standard InChI is InChI=1S/C18H20N2O6.C6H15N/c1-3-25-17(22)15-13(12-7-5-4-6-8-12)9-18(10-14(15)21)16(20(23)24)11(2)19-26-18;1-4-7(5-2)6-3/h4-8,13,15,19H,3,9-10H2,1-2H3;4-6H2,1-3H3/t13-,15-,18+;/m0./s1. The molecule has 1 aliphatic carbocycles. The largest absolute Gasteiger partial charge is 0.465 e. The van der Waals surface area contributed by atoms with E-state index < -0.39 is 34.1 Å². The molecule has 0 saturated heterocycles. The number of carbonyl (C=O) groups is 2. The number of esters is 1. The monoisotopic (exact) mass is 461 g/mol. The molecule has 33 heavy (non-hydrogen) atoms. The van der Waals surface area contributed by atoms with Crippen LogP contribution in [0.2, 0.25) is 0 Å². The third kappa shape index (κ3) is 5.97. The van der Waals surface area contributed by atoms with Crippen LogP contribution in [0.3, 0.4) is 0 Å². The molecule has 9 heteroatoms. The zero-order chi connectivity index (χ0) is 24.6. The molecule has 0 amide bonds. The van der Waals surface area contributed by atoms with Crippen LogP contribution in [-0.2, 0) is 19.2 Å². The van der Waals surface area contributed by atoms with Crippen LogP contribution in [0.25, 0.3) is 0 Å². The van der Waals surface area contributed by atoms with E-state index >= 15 is 0 Å². The Balaban J connectivity index is 0.000000479. The highest BCUT2D eigenvalue weighted by atomic mass is 16.7. The molecule has 1 spiro atoms. The predicted octanol–water partition coefficient (Wildman–Crippen LogP) is 3.44. The smallest absolute Gasteiger partial charge is 0.317 e. The summed E-state index contributed by atoms with van der Waals surface area (Å²) in [5.74, 6) is -2.59. The number of benzene rings is 1. The summed E-state index contributed by atoms with van der Waals surface area (Å²) in [7, 11) is 0. The zero-order valence-electron chi connectivity index (χ0n) is 20.1. The van der Waals surface area contributed by atoms with Crippen LogP contribution in [0.1, 0.15) is 58.9 Å². The number of ketones is 1. The van der Waals surface area contributed by atoms with Crippen molar-refractivity contribution in [2.24, 2.45) is 5.92 Å². The minimum atomic E-state index is -1.39. The van der Waals surface area contributed by atoms with Crippen molar-refractivity contribution < 1.29 is 24.1 Å². The van der Waals surface area contributed by atoms with Gasteiger partial charge in [0.1, 0.15) is 11.6 Å². The van der Waals surface area contributed by atoms with Gasteiger partial charge in [0.25, 0.3) is 0 Å². The van der Waals surface area contributed by atoms with Gasteiger partial charge < -0.3 is 9.64 Å². The fourth-order valence-corrected chi connectivity index (χ4v) is 4.54. The highest BCUT2D eigenvalue weighted by Crippen LogP contribution is 2.48. The van der Waals surface area contributed by atoms with Crippen LogP contribution >= 0.6 is 0 Å². The molecule has 1 aromatic carbocycles. The number of nitrogens with one attached hydrogen (secondary N) is 1. The molecule has 1 fully saturated rings. The van der Waals surface area contributed by atoms with Gasteiger partial charge in [0.2, 0.25) is 0 Å². The van der Waals surface area contributed by atoms with E-state index in [1.54, 1.807) is 31.2 Å². The SMILES string of the molecule is CCN(CC)CC.CCOC(=O)[C@@H]1C(=O)C[C@@]2(C[C@H]1c1ccccc1)ONC(C)=C2[N+](=O)[O-]. The zero-order valence-corrected chi connectivity index (χ0v) is 20.1. The lowest BCUT2D eigenvalue weighted by Crippen LogP contribution is -2.49. The molecule has 3 atom stereocenters.